The Morgan fingerprint density at radius 3 is 2.11 bits per heavy atom. The van der Waals surface area contributed by atoms with Gasteiger partial charge in [-0.15, -0.1) is 0 Å². The number of hydrogen-bond acceptors (Lipinski definition) is 3. The molecular formula is C15H25NO2. The summed E-state index contributed by atoms with van der Waals surface area (Å²) < 4.78 is 0. The Hall–Kier alpha value is -0.900. The Balaban J connectivity index is 2.80. The Morgan fingerprint density at radius 1 is 1.11 bits per heavy atom. The second kappa shape index (κ2) is 5.83. The molecule has 0 radical (unpaired) electrons. The molecule has 1 atom stereocenters. The lowest BCUT2D eigenvalue weighted by Crippen LogP contribution is -2.49. The molecule has 0 spiro atoms. The monoisotopic (exact) mass is 251 g/mol. The molecule has 3 nitrogen and oxygen atoms in total. The van der Waals surface area contributed by atoms with E-state index in [2.05, 4.69) is 31.5 Å². The number of benzene rings is 1. The van der Waals surface area contributed by atoms with Crippen LogP contribution in [0.1, 0.15) is 40.2 Å². The highest BCUT2D eigenvalue weighted by Crippen LogP contribution is 2.27. The first kappa shape index (κ1) is 15.2. The van der Waals surface area contributed by atoms with Crippen LogP contribution in [0.25, 0.3) is 0 Å². The standard InChI is InChI=1S/C15H25NO2/c1-14(2,3)18-16-13(11-17)15(4,5)12-9-7-6-8-10-12/h6-10,13,16-17H,11H2,1-5H3. The molecule has 102 valence electrons. The van der Waals surface area contributed by atoms with Crippen molar-refractivity contribution in [2.75, 3.05) is 6.61 Å². The third kappa shape index (κ3) is 4.09. The fourth-order valence-corrected chi connectivity index (χ4v) is 1.73. The van der Waals surface area contributed by atoms with Crippen LogP contribution in [0, 0.1) is 0 Å². The lowest BCUT2D eigenvalue weighted by atomic mass is 9.78. The van der Waals surface area contributed by atoms with Crippen LogP contribution in [0.5, 0.6) is 0 Å². The summed E-state index contributed by atoms with van der Waals surface area (Å²) in [6, 6.07) is 10.0. The summed E-state index contributed by atoms with van der Waals surface area (Å²) in [6.45, 7) is 10.2. The Labute approximate surface area is 110 Å². The number of hydroxylamine groups is 1. The van der Waals surface area contributed by atoms with Crippen LogP contribution in [-0.2, 0) is 10.3 Å². The molecule has 0 aromatic heterocycles. The van der Waals surface area contributed by atoms with Gasteiger partial charge in [-0.2, -0.15) is 5.48 Å². The zero-order chi connectivity index (χ0) is 13.8. The van der Waals surface area contributed by atoms with Crippen LogP contribution >= 0.6 is 0 Å². The Morgan fingerprint density at radius 2 is 1.67 bits per heavy atom. The fraction of sp³-hybridized carbons (Fsp3) is 0.600. The molecule has 0 saturated heterocycles. The first-order chi connectivity index (χ1) is 8.27. The summed E-state index contributed by atoms with van der Waals surface area (Å²) in [6.07, 6.45) is 0. The predicted molar refractivity (Wildman–Crippen MR) is 74.3 cm³/mol. The highest BCUT2D eigenvalue weighted by atomic mass is 16.7. The number of nitrogens with one attached hydrogen (secondary N) is 1. The van der Waals surface area contributed by atoms with Gasteiger partial charge in [0, 0.05) is 5.41 Å². The third-order valence-corrected chi connectivity index (χ3v) is 3.08. The van der Waals surface area contributed by atoms with Gasteiger partial charge in [-0.25, -0.2) is 0 Å². The van der Waals surface area contributed by atoms with E-state index in [1.54, 1.807) is 0 Å². The van der Waals surface area contributed by atoms with Crippen molar-refractivity contribution in [1.82, 2.24) is 5.48 Å². The number of hydrogen-bond donors (Lipinski definition) is 2. The largest absolute Gasteiger partial charge is 0.395 e. The molecule has 0 aliphatic heterocycles. The van der Waals surface area contributed by atoms with Crippen LogP contribution in [0.4, 0.5) is 0 Å². The smallest absolute Gasteiger partial charge is 0.0813 e. The average Bonchev–Trinajstić information content (AvgIpc) is 2.29. The molecule has 0 aliphatic rings. The number of rotatable bonds is 5. The van der Waals surface area contributed by atoms with E-state index < -0.39 is 0 Å². The van der Waals surface area contributed by atoms with E-state index in [1.807, 2.05) is 39.0 Å². The van der Waals surface area contributed by atoms with Gasteiger partial charge in [0.25, 0.3) is 0 Å². The van der Waals surface area contributed by atoms with Crippen molar-refractivity contribution in [3.8, 4) is 0 Å². The van der Waals surface area contributed by atoms with Crippen molar-refractivity contribution in [1.29, 1.82) is 0 Å². The minimum atomic E-state index is -0.278. The average molecular weight is 251 g/mol. The van der Waals surface area contributed by atoms with Gasteiger partial charge in [0.1, 0.15) is 0 Å². The van der Waals surface area contributed by atoms with Gasteiger partial charge >= 0.3 is 0 Å². The topological polar surface area (TPSA) is 41.5 Å². The van der Waals surface area contributed by atoms with Gasteiger partial charge in [0.05, 0.1) is 18.2 Å². The van der Waals surface area contributed by atoms with Gasteiger partial charge in [-0.05, 0) is 26.3 Å². The molecule has 1 rings (SSSR count). The molecule has 0 heterocycles. The highest BCUT2D eigenvalue weighted by molar-refractivity contribution is 5.25. The maximum absolute atomic E-state index is 9.58. The van der Waals surface area contributed by atoms with Crippen LogP contribution in [0.2, 0.25) is 0 Å². The van der Waals surface area contributed by atoms with Crippen LogP contribution in [0.3, 0.4) is 0 Å². The lowest BCUT2D eigenvalue weighted by Gasteiger charge is -2.35. The van der Waals surface area contributed by atoms with Crippen molar-refractivity contribution in [3.63, 3.8) is 0 Å². The van der Waals surface area contributed by atoms with Gasteiger partial charge in [0.15, 0.2) is 0 Å². The van der Waals surface area contributed by atoms with Crippen molar-refractivity contribution in [2.45, 2.75) is 51.7 Å². The number of aliphatic hydroxyl groups is 1. The zero-order valence-electron chi connectivity index (χ0n) is 12.0. The minimum absolute atomic E-state index is 0.0258. The molecule has 1 aromatic rings. The molecule has 0 aliphatic carbocycles. The predicted octanol–water partition coefficient (Wildman–Crippen LogP) is 2.64. The molecule has 0 saturated carbocycles. The zero-order valence-corrected chi connectivity index (χ0v) is 12.0. The quantitative estimate of drug-likeness (QED) is 0.791. The molecular weight excluding hydrogens is 226 g/mol. The molecule has 1 unspecified atom stereocenters. The summed E-state index contributed by atoms with van der Waals surface area (Å²) in [5, 5.41) is 9.58. The summed E-state index contributed by atoms with van der Waals surface area (Å²) in [5.74, 6) is 0. The molecule has 18 heavy (non-hydrogen) atoms. The maximum atomic E-state index is 9.58. The molecule has 0 amide bonds. The number of aliphatic hydroxyl groups excluding tert-OH is 1. The Kier molecular flexibility index (Phi) is 4.91. The maximum Gasteiger partial charge on any atom is 0.0813 e. The van der Waals surface area contributed by atoms with E-state index >= 15 is 0 Å². The summed E-state index contributed by atoms with van der Waals surface area (Å²) in [7, 11) is 0. The summed E-state index contributed by atoms with van der Waals surface area (Å²) in [4.78, 5) is 5.58. The highest BCUT2D eigenvalue weighted by Gasteiger charge is 2.32. The van der Waals surface area contributed by atoms with Crippen LogP contribution in [-0.4, -0.2) is 23.4 Å². The lowest BCUT2D eigenvalue weighted by molar-refractivity contribution is -0.104. The molecule has 1 aromatic carbocycles. The van der Waals surface area contributed by atoms with Crippen molar-refractivity contribution < 1.29 is 9.94 Å². The van der Waals surface area contributed by atoms with E-state index in [9.17, 15) is 5.11 Å². The van der Waals surface area contributed by atoms with Gasteiger partial charge < -0.3 is 5.11 Å². The van der Waals surface area contributed by atoms with E-state index in [4.69, 9.17) is 4.84 Å². The van der Waals surface area contributed by atoms with Gasteiger partial charge in [-0.3, -0.25) is 4.84 Å². The van der Waals surface area contributed by atoms with E-state index in [0.717, 1.165) is 0 Å². The van der Waals surface area contributed by atoms with Crippen LogP contribution in [0.15, 0.2) is 30.3 Å². The summed E-state index contributed by atoms with van der Waals surface area (Å²) in [5.41, 5.74) is 3.69. The van der Waals surface area contributed by atoms with Gasteiger partial charge in [0.2, 0.25) is 0 Å². The third-order valence-electron chi connectivity index (χ3n) is 3.08. The van der Waals surface area contributed by atoms with E-state index in [0.29, 0.717) is 0 Å². The molecule has 2 N–H and O–H groups in total. The fourth-order valence-electron chi connectivity index (χ4n) is 1.73. The van der Waals surface area contributed by atoms with Crippen molar-refractivity contribution in [3.05, 3.63) is 35.9 Å². The SMILES string of the molecule is CC(C)(C)ONC(CO)C(C)(C)c1ccccc1. The Bertz CT molecular complexity index is 355. The molecule has 0 bridgehead atoms. The first-order valence-electron chi connectivity index (χ1n) is 6.37. The van der Waals surface area contributed by atoms with E-state index in [-0.39, 0.29) is 23.7 Å². The van der Waals surface area contributed by atoms with Crippen molar-refractivity contribution >= 4 is 0 Å². The second-order valence-electron chi connectivity index (χ2n) is 6.16. The summed E-state index contributed by atoms with van der Waals surface area (Å²) >= 11 is 0. The van der Waals surface area contributed by atoms with Crippen LogP contribution < -0.4 is 5.48 Å². The normalized spacial score (nSPS) is 14.6. The van der Waals surface area contributed by atoms with E-state index in [1.165, 1.54) is 5.56 Å². The van der Waals surface area contributed by atoms with Crippen molar-refractivity contribution in [2.24, 2.45) is 0 Å². The molecule has 3 heteroatoms. The van der Waals surface area contributed by atoms with Gasteiger partial charge in [-0.1, -0.05) is 44.2 Å². The minimum Gasteiger partial charge on any atom is -0.395 e. The molecule has 0 fully saturated rings. The first-order valence-corrected chi connectivity index (χ1v) is 6.37. The second-order valence-corrected chi connectivity index (χ2v) is 6.16.